The lowest BCUT2D eigenvalue weighted by Crippen LogP contribution is -2.42. The van der Waals surface area contributed by atoms with Crippen molar-refractivity contribution in [2.75, 3.05) is 24.0 Å². The Morgan fingerprint density at radius 1 is 0.879 bits per heavy atom. The number of hydrogen-bond acceptors (Lipinski definition) is 4. The molecule has 0 atom stereocenters. The van der Waals surface area contributed by atoms with Crippen LogP contribution < -0.4 is 14.4 Å². The minimum Gasteiger partial charge on any atom is -0.492 e. The molecular formula is C26H30N2O4S. The molecule has 0 aromatic heterocycles. The molecule has 0 fully saturated rings. The van der Waals surface area contributed by atoms with Gasteiger partial charge in [-0.2, -0.15) is 0 Å². The molecule has 0 radical (unpaired) electrons. The highest BCUT2D eigenvalue weighted by atomic mass is 32.2. The molecule has 1 amide bonds. The molecule has 0 bridgehead atoms. The van der Waals surface area contributed by atoms with Crippen LogP contribution in [0, 0.1) is 0 Å². The number of nitrogens with zero attached hydrogens (tertiary/aromatic N) is 1. The number of carbonyl (C=O) groups is 1. The van der Waals surface area contributed by atoms with Gasteiger partial charge in [0.25, 0.3) is 10.0 Å². The number of nitrogens with one attached hydrogen (secondary N) is 1. The van der Waals surface area contributed by atoms with E-state index in [1.165, 1.54) is 22.0 Å². The topological polar surface area (TPSA) is 75.7 Å². The van der Waals surface area contributed by atoms with Crippen molar-refractivity contribution in [3.63, 3.8) is 0 Å². The monoisotopic (exact) mass is 466 g/mol. The molecule has 0 aliphatic rings. The van der Waals surface area contributed by atoms with Crippen LogP contribution in [0.5, 0.6) is 5.75 Å². The fourth-order valence-electron chi connectivity index (χ4n) is 3.44. The van der Waals surface area contributed by atoms with Crippen molar-refractivity contribution in [1.82, 2.24) is 5.32 Å². The highest BCUT2D eigenvalue weighted by Gasteiger charge is 2.28. The number of hydrogen-bond donors (Lipinski definition) is 1. The van der Waals surface area contributed by atoms with E-state index >= 15 is 0 Å². The summed E-state index contributed by atoms with van der Waals surface area (Å²) in [5.41, 5.74) is 2.58. The summed E-state index contributed by atoms with van der Waals surface area (Å²) in [5, 5.41) is 2.77. The third kappa shape index (κ3) is 6.35. The van der Waals surface area contributed by atoms with Crippen LogP contribution in [0.3, 0.4) is 0 Å². The maximum atomic E-state index is 13.4. The molecule has 7 heteroatoms. The lowest BCUT2D eigenvalue weighted by Gasteiger charge is -2.26. The van der Waals surface area contributed by atoms with E-state index < -0.39 is 15.9 Å². The molecule has 0 aliphatic carbocycles. The van der Waals surface area contributed by atoms with Gasteiger partial charge < -0.3 is 10.1 Å². The van der Waals surface area contributed by atoms with Crippen molar-refractivity contribution in [2.45, 2.75) is 31.6 Å². The Kier molecular flexibility index (Phi) is 8.49. The molecule has 3 rings (SSSR count). The second kappa shape index (κ2) is 11.5. The van der Waals surface area contributed by atoms with Crippen LogP contribution in [0.4, 0.5) is 5.69 Å². The lowest BCUT2D eigenvalue weighted by atomic mass is 10.1. The van der Waals surface area contributed by atoms with Crippen LogP contribution in [0.15, 0.2) is 83.8 Å². The van der Waals surface area contributed by atoms with Crippen LogP contribution >= 0.6 is 0 Å². The fourth-order valence-corrected chi connectivity index (χ4v) is 4.92. The predicted octanol–water partition coefficient (Wildman–Crippen LogP) is 4.20. The molecule has 33 heavy (non-hydrogen) atoms. The quantitative estimate of drug-likeness (QED) is 0.430. The van der Waals surface area contributed by atoms with Gasteiger partial charge in [-0.25, -0.2) is 8.42 Å². The van der Waals surface area contributed by atoms with Gasteiger partial charge >= 0.3 is 0 Å². The third-order valence-corrected chi connectivity index (χ3v) is 7.06. The summed E-state index contributed by atoms with van der Waals surface area (Å²) in [6.45, 7) is 4.28. The van der Waals surface area contributed by atoms with E-state index in [1.54, 1.807) is 30.3 Å². The summed E-state index contributed by atoms with van der Waals surface area (Å²) in [4.78, 5) is 12.9. The Hall–Kier alpha value is -3.32. The first-order chi connectivity index (χ1) is 16.0. The summed E-state index contributed by atoms with van der Waals surface area (Å²) in [7, 11) is -3.92. The zero-order valence-corrected chi connectivity index (χ0v) is 19.8. The largest absolute Gasteiger partial charge is 0.492 e. The maximum Gasteiger partial charge on any atom is 0.264 e. The number of carbonyl (C=O) groups excluding carboxylic acids is 1. The Labute approximate surface area is 196 Å². The summed E-state index contributed by atoms with van der Waals surface area (Å²) < 4.78 is 33.7. The minimum absolute atomic E-state index is 0.141. The van der Waals surface area contributed by atoms with Crippen molar-refractivity contribution in [3.8, 4) is 5.75 Å². The van der Waals surface area contributed by atoms with Gasteiger partial charge in [-0.05, 0) is 54.3 Å². The van der Waals surface area contributed by atoms with Gasteiger partial charge in [0.05, 0.1) is 17.1 Å². The van der Waals surface area contributed by atoms with Crippen LogP contribution in [-0.2, 0) is 27.7 Å². The molecule has 0 spiro atoms. The molecule has 174 valence electrons. The normalized spacial score (nSPS) is 11.1. The first-order valence-electron chi connectivity index (χ1n) is 11.1. The molecule has 0 heterocycles. The van der Waals surface area contributed by atoms with Crippen LogP contribution in [-0.4, -0.2) is 34.0 Å². The summed E-state index contributed by atoms with van der Waals surface area (Å²) in [6.07, 6.45) is 1.60. The SMILES string of the molecule is CCc1ccc(OCCNC(=O)CN(c2ccccc2CC)S(=O)(=O)c2ccccc2)cc1. The minimum atomic E-state index is -3.92. The van der Waals surface area contributed by atoms with Crippen LogP contribution in [0.2, 0.25) is 0 Å². The van der Waals surface area contributed by atoms with Crippen LogP contribution in [0.1, 0.15) is 25.0 Å². The summed E-state index contributed by atoms with van der Waals surface area (Å²) in [6, 6.07) is 23.2. The van der Waals surface area contributed by atoms with Crippen molar-refractivity contribution >= 4 is 21.6 Å². The number of amides is 1. The van der Waals surface area contributed by atoms with Gasteiger partial charge in [0.15, 0.2) is 0 Å². The zero-order valence-electron chi connectivity index (χ0n) is 19.0. The average molecular weight is 467 g/mol. The van der Waals surface area contributed by atoms with E-state index in [4.69, 9.17) is 4.74 Å². The van der Waals surface area contributed by atoms with Gasteiger partial charge in [-0.15, -0.1) is 0 Å². The van der Waals surface area contributed by atoms with E-state index in [0.717, 1.165) is 17.7 Å². The Morgan fingerprint density at radius 2 is 1.55 bits per heavy atom. The Morgan fingerprint density at radius 3 is 2.21 bits per heavy atom. The molecule has 6 nitrogen and oxygen atoms in total. The Bertz CT molecular complexity index is 1150. The zero-order chi connectivity index (χ0) is 23.7. The van der Waals surface area contributed by atoms with Gasteiger partial charge in [0.2, 0.25) is 5.91 Å². The van der Waals surface area contributed by atoms with E-state index in [2.05, 4.69) is 12.2 Å². The van der Waals surface area contributed by atoms with E-state index in [0.29, 0.717) is 12.1 Å². The fraction of sp³-hybridized carbons (Fsp3) is 0.269. The van der Waals surface area contributed by atoms with E-state index in [1.807, 2.05) is 43.3 Å². The number of rotatable bonds is 11. The molecule has 0 aliphatic heterocycles. The van der Waals surface area contributed by atoms with Gasteiger partial charge in [0, 0.05) is 0 Å². The van der Waals surface area contributed by atoms with Crippen molar-refractivity contribution in [3.05, 3.63) is 90.0 Å². The highest BCUT2D eigenvalue weighted by Crippen LogP contribution is 2.27. The van der Waals surface area contributed by atoms with Gasteiger partial charge in [-0.3, -0.25) is 9.10 Å². The first kappa shape index (κ1) is 24.3. The van der Waals surface area contributed by atoms with Gasteiger partial charge in [-0.1, -0.05) is 62.4 Å². The molecule has 0 unspecified atom stereocenters. The second-order valence-electron chi connectivity index (χ2n) is 7.50. The first-order valence-corrected chi connectivity index (χ1v) is 12.5. The molecule has 3 aromatic carbocycles. The third-order valence-electron chi connectivity index (χ3n) is 5.28. The molecule has 0 saturated carbocycles. The number of ether oxygens (including phenoxy) is 1. The lowest BCUT2D eigenvalue weighted by molar-refractivity contribution is -0.119. The number of para-hydroxylation sites is 1. The smallest absolute Gasteiger partial charge is 0.264 e. The van der Waals surface area contributed by atoms with Crippen molar-refractivity contribution in [2.24, 2.45) is 0 Å². The highest BCUT2D eigenvalue weighted by molar-refractivity contribution is 7.92. The number of benzene rings is 3. The molecular weight excluding hydrogens is 436 g/mol. The van der Waals surface area contributed by atoms with Crippen molar-refractivity contribution in [1.29, 1.82) is 0 Å². The molecule has 0 saturated heterocycles. The number of sulfonamides is 1. The van der Waals surface area contributed by atoms with E-state index in [-0.39, 0.29) is 24.6 Å². The molecule has 1 N–H and O–H groups in total. The van der Waals surface area contributed by atoms with Gasteiger partial charge in [0.1, 0.15) is 18.9 Å². The van der Waals surface area contributed by atoms with E-state index in [9.17, 15) is 13.2 Å². The average Bonchev–Trinajstić information content (AvgIpc) is 2.86. The maximum absolute atomic E-state index is 13.4. The molecule has 3 aromatic rings. The summed E-state index contributed by atoms with van der Waals surface area (Å²) >= 11 is 0. The standard InChI is InChI=1S/C26H30N2O4S/c1-3-21-14-16-23(17-15-21)32-19-18-27-26(29)20-28(25-13-9-8-10-22(25)4-2)33(30,31)24-11-6-5-7-12-24/h5-17H,3-4,18-20H2,1-2H3,(H,27,29). The summed E-state index contributed by atoms with van der Waals surface area (Å²) in [5.74, 6) is 0.331. The number of aryl methyl sites for hydroxylation is 2. The number of anilines is 1. The second-order valence-corrected chi connectivity index (χ2v) is 9.37. The predicted molar refractivity (Wildman–Crippen MR) is 131 cm³/mol. The van der Waals surface area contributed by atoms with Crippen molar-refractivity contribution < 1.29 is 17.9 Å². The Balaban J connectivity index is 1.70. The van der Waals surface area contributed by atoms with Crippen LogP contribution in [0.25, 0.3) is 0 Å².